The van der Waals surface area contributed by atoms with E-state index in [2.05, 4.69) is 154 Å². The number of aliphatic hydroxyl groups is 2. The quantitative estimate of drug-likeness (QED) is 0.203. The number of rotatable bonds is 10. The van der Waals surface area contributed by atoms with Crippen molar-refractivity contribution < 1.29 is 10.2 Å². The fraction of sp³-hybridized carbons (Fsp3) is 0.450. The van der Waals surface area contributed by atoms with E-state index in [1.807, 2.05) is 6.08 Å². The van der Waals surface area contributed by atoms with Gasteiger partial charge in [0.05, 0.1) is 12.2 Å². The lowest BCUT2D eigenvalue weighted by Gasteiger charge is -2.38. The molecule has 42 heavy (non-hydrogen) atoms. The molecule has 0 amide bonds. The molecule has 2 aliphatic rings. The Kier molecular flexibility index (Phi) is 13.5. The first-order chi connectivity index (χ1) is 19.6. The van der Waals surface area contributed by atoms with Crippen LogP contribution in [0.15, 0.2) is 130 Å². The SMILES string of the molecule is CC1=CC(O)CC(C)(C)C1C=C/C(C)=C/C=C/C(C)=C/C=C/C=C(C)/C=C/C=C(C)/C=C/C1=C(C)CC(O)CC1(C)C. The molecular formula is C40H56O2. The van der Waals surface area contributed by atoms with Gasteiger partial charge in [0.25, 0.3) is 0 Å². The summed E-state index contributed by atoms with van der Waals surface area (Å²) in [6.45, 7) is 21.6. The molecule has 3 unspecified atom stereocenters. The molecule has 0 aromatic carbocycles. The first-order valence-corrected chi connectivity index (χ1v) is 15.4. The molecular weight excluding hydrogens is 512 g/mol. The van der Waals surface area contributed by atoms with Gasteiger partial charge in [-0.15, -0.1) is 0 Å². The Bertz CT molecular complexity index is 1270. The lowest BCUT2D eigenvalue weighted by Crippen LogP contribution is -2.32. The van der Waals surface area contributed by atoms with Gasteiger partial charge in [-0.3, -0.25) is 0 Å². The van der Waals surface area contributed by atoms with Crippen molar-refractivity contribution in [2.75, 3.05) is 0 Å². The zero-order valence-corrected chi connectivity index (χ0v) is 27.9. The summed E-state index contributed by atoms with van der Waals surface area (Å²) in [7, 11) is 0. The second kappa shape index (κ2) is 16.1. The number of hydrogen-bond acceptors (Lipinski definition) is 2. The van der Waals surface area contributed by atoms with Gasteiger partial charge in [0.2, 0.25) is 0 Å². The molecule has 0 bridgehead atoms. The van der Waals surface area contributed by atoms with E-state index in [4.69, 9.17) is 0 Å². The Morgan fingerprint density at radius 1 is 0.714 bits per heavy atom. The van der Waals surface area contributed by atoms with Crippen molar-refractivity contribution in [3.8, 4) is 0 Å². The first-order valence-electron chi connectivity index (χ1n) is 15.4. The van der Waals surface area contributed by atoms with Crippen LogP contribution in [-0.2, 0) is 0 Å². The van der Waals surface area contributed by atoms with E-state index in [0.29, 0.717) is 5.92 Å². The molecule has 2 nitrogen and oxygen atoms in total. The Balaban J connectivity index is 1.90. The second-order valence-electron chi connectivity index (χ2n) is 13.7. The van der Waals surface area contributed by atoms with E-state index in [1.54, 1.807) is 0 Å². The summed E-state index contributed by atoms with van der Waals surface area (Å²) < 4.78 is 0. The summed E-state index contributed by atoms with van der Waals surface area (Å²) in [4.78, 5) is 0. The van der Waals surface area contributed by atoms with E-state index in [-0.39, 0.29) is 23.0 Å². The summed E-state index contributed by atoms with van der Waals surface area (Å²) >= 11 is 0. The molecule has 0 aromatic rings. The Morgan fingerprint density at radius 2 is 1.21 bits per heavy atom. The molecule has 3 atom stereocenters. The average molecular weight is 569 g/mol. The molecule has 228 valence electrons. The van der Waals surface area contributed by atoms with Crippen LogP contribution in [0.4, 0.5) is 0 Å². The van der Waals surface area contributed by atoms with E-state index < -0.39 is 0 Å². The largest absolute Gasteiger partial charge is 0.393 e. The van der Waals surface area contributed by atoms with Gasteiger partial charge in [-0.1, -0.05) is 152 Å². The molecule has 0 aliphatic heterocycles. The lowest BCUT2D eigenvalue weighted by molar-refractivity contribution is 0.116. The maximum atomic E-state index is 10.1. The van der Waals surface area contributed by atoms with Crippen LogP contribution in [0.3, 0.4) is 0 Å². The molecule has 0 spiro atoms. The molecule has 0 heterocycles. The third-order valence-electron chi connectivity index (χ3n) is 8.33. The minimum atomic E-state index is -0.331. The molecule has 0 radical (unpaired) electrons. The minimum Gasteiger partial charge on any atom is -0.393 e. The molecule has 0 saturated carbocycles. The number of allylic oxidation sites excluding steroid dienone is 20. The Labute approximate surface area is 257 Å². The van der Waals surface area contributed by atoms with E-state index in [1.165, 1.54) is 39.0 Å². The molecule has 2 heteroatoms. The van der Waals surface area contributed by atoms with Crippen LogP contribution in [0.25, 0.3) is 0 Å². The number of aliphatic hydroxyl groups excluding tert-OH is 2. The predicted molar refractivity (Wildman–Crippen MR) is 184 cm³/mol. The van der Waals surface area contributed by atoms with Crippen molar-refractivity contribution in [1.29, 1.82) is 0 Å². The Morgan fingerprint density at radius 3 is 1.74 bits per heavy atom. The molecule has 2 aliphatic carbocycles. The fourth-order valence-corrected chi connectivity index (χ4v) is 6.14. The summed E-state index contributed by atoms with van der Waals surface area (Å²) in [6, 6.07) is 0. The van der Waals surface area contributed by atoms with Crippen LogP contribution in [0.1, 0.15) is 88.5 Å². The fourth-order valence-electron chi connectivity index (χ4n) is 6.14. The van der Waals surface area contributed by atoms with Crippen molar-refractivity contribution >= 4 is 0 Å². The van der Waals surface area contributed by atoms with Gasteiger partial charge in [-0.2, -0.15) is 0 Å². The third kappa shape index (κ3) is 11.7. The van der Waals surface area contributed by atoms with E-state index in [0.717, 1.165) is 19.3 Å². The molecule has 0 aromatic heterocycles. The highest BCUT2D eigenvalue weighted by atomic mass is 16.3. The molecule has 0 fully saturated rings. The number of hydrogen-bond donors (Lipinski definition) is 2. The van der Waals surface area contributed by atoms with Crippen LogP contribution in [-0.4, -0.2) is 22.4 Å². The highest BCUT2D eigenvalue weighted by molar-refractivity contribution is 5.38. The Hall–Kier alpha value is -2.94. The zero-order chi connectivity index (χ0) is 31.5. The van der Waals surface area contributed by atoms with Gasteiger partial charge in [0, 0.05) is 5.92 Å². The van der Waals surface area contributed by atoms with Crippen molar-refractivity contribution in [3.63, 3.8) is 0 Å². The summed E-state index contributed by atoms with van der Waals surface area (Å²) in [6.07, 6.45) is 33.8. The topological polar surface area (TPSA) is 40.5 Å². The standard InChI is InChI=1S/C40H56O2/c1-29(17-13-19-31(3)21-23-37-33(5)25-35(41)27-39(37,7)8)15-11-12-16-30(2)18-14-20-32(4)22-24-38-34(6)26-36(42)28-40(38,9)10/h11-25,35-37,41-42H,26-28H2,1-10H3/b12-11+,17-13+,18-14+,23-21?,24-22+,29-15+,30-16+,31-19+,32-20+. The second-order valence-corrected chi connectivity index (χ2v) is 13.7. The highest BCUT2D eigenvalue weighted by Gasteiger charge is 2.34. The monoisotopic (exact) mass is 568 g/mol. The smallest absolute Gasteiger partial charge is 0.0729 e. The summed E-state index contributed by atoms with van der Waals surface area (Å²) in [5, 5.41) is 20.2. The lowest BCUT2D eigenvalue weighted by atomic mass is 9.67. The third-order valence-corrected chi connectivity index (χ3v) is 8.33. The van der Waals surface area contributed by atoms with Crippen LogP contribution >= 0.6 is 0 Å². The van der Waals surface area contributed by atoms with Crippen LogP contribution in [0, 0.1) is 16.7 Å². The van der Waals surface area contributed by atoms with Gasteiger partial charge in [0.15, 0.2) is 0 Å². The molecule has 0 saturated heterocycles. The van der Waals surface area contributed by atoms with Crippen molar-refractivity contribution in [2.45, 2.75) is 101 Å². The first kappa shape index (κ1) is 35.3. The summed E-state index contributed by atoms with van der Waals surface area (Å²) in [5.74, 6) is 0.348. The normalized spacial score (nSPS) is 26.6. The van der Waals surface area contributed by atoms with Gasteiger partial charge >= 0.3 is 0 Å². The van der Waals surface area contributed by atoms with Gasteiger partial charge in [0.1, 0.15) is 0 Å². The average Bonchev–Trinajstić information content (AvgIpc) is 2.84. The van der Waals surface area contributed by atoms with Crippen LogP contribution in [0.5, 0.6) is 0 Å². The van der Waals surface area contributed by atoms with Gasteiger partial charge < -0.3 is 10.2 Å². The molecule has 2 rings (SSSR count). The van der Waals surface area contributed by atoms with Crippen molar-refractivity contribution in [3.05, 3.63) is 130 Å². The van der Waals surface area contributed by atoms with Gasteiger partial charge in [-0.25, -0.2) is 0 Å². The van der Waals surface area contributed by atoms with E-state index in [9.17, 15) is 10.2 Å². The predicted octanol–water partition coefficient (Wildman–Crippen LogP) is 10.4. The maximum absolute atomic E-state index is 10.1. The highest BCUT2D eigenvalue weighted by Crippen LogP contribution is 2.42. The maximum Gasteiger partial charge on any atom is 0.0729 e. The van der Waals surface area contributed by atoms with Crippen LogP contribution < -0.4 is 0 Å². The van der Waals surface area contributed by atoms with Crippen LogP contribution in [0.2, 0.25) is 0 Å². The van der Waals surface area contributed by atoms with Gasteiger partial charge in [-0.05, 0) is 77.2 Å². The summed E-state index contributed by atoms with van der Waals surface area (Å²) in [5.41, 5.74) is 8.73. The van der Waals surface area contributed by atoms with Crippen molar-refractivity contribution in [1.82, 2.24) is 0 Å². The minimum absolute atomic E-state index is 0.00528. The van der Waals surface area contributed by atoms with Crippen molar-refractivity contribution in [2.24, 2.45) is 16.7 Å². The zero-order valence-electron chi connectivity index (χ0n) is 27.9. The van der Waals surface area contributed by atoms with E-state index >= 15 is 0 Å². The molecule has 2 N–H and O–H groups in total.